The van der Waals surface area contributed by atoms with Gasteiger partial charge in [-0.25, -0.2) is 9.18 Å². The zero-order valence-electron chi connectivity index (χ0n) is 13.1. The number of nitrogens with one attached hydrogen (secondary N) is 2. The highest BCUT2D eigenvalue weighted by Gasteiger charge is 2.44. The molecule has 1 fully saturated rings. The van der Waals surface area contributed by atoms with E-state index in [0.717, 1.165) is 25.0 Å². The molecular weight excluding hydrogens is 297 g/mol. The van der Waals surface area contributed by atoms with E-state index < -0.39 is 11.8 Å². The maximum atomic E-state index is 13.6. The number of likely N-dealkylation sites (tertiary alicyclic amines) is 1. The zero-order valence-corrected chi connectivity index (χ0v) is 13.1. The van der Waals surface area contributed by atoms with E-state index in [0.29, 0.717) is 13.0 Å². The Morgan fingerprint density at radius 2 is 2.13 bits per heavy atom. The van der Waals surface area contributed by atoms with Crippen LogP contribution in [0.4, 0.5) is 14.9 Å². The van der Waals surface area contributed by atoms with Crippen molar-refractivity contribution in [1.82, 2.24) is 10.2 Å². The summed E-state index contributed by atoms with van der Waals surface area (Å²) < 4.78 is 13.6. The van der Waals surface area contributed by atoms with Crippen molar-refractivity contribution in [3.63, 3.8) is 0 Å². The van der Waals surface area contributed by atoms with Gasteiger partial charge in [-0.05, 0) is 31.4 Å². The van der Waals surface area contributed by atoms with Gasteiger partial charge in [0.2, 0.25) is 5.91 Å². The fourth-order valence-electron chi connectivity index (χ4n) is 3.47. The number of halogens is 1. The summed E-state index contributed by atoms with van der Waals surface area (Å²) in [6.45, 7) is 0.441. The molecule has 0 aromatic heterocycles. The van der Waals surface area contributed by atoms with Gasteiger partial charge < -0.3 is 15.5 Å². The van der Waals surface area contributed by atoms with E-state index in [9.17, 15) is 14.0 Å². The maximum absolute atomic E-state index is 13.6. The fraction of sp³-hybridized carbons (Fsp3) is 0.412. The van der Waals surface area contributed by atoms with Gasteiger partial charge in [0.15, 0.2) is 0 Å². The molecule has 0 saturated carbocycles. The number of carbonyl (C=O) groups is 2. The summed E-state index contributed by atoms with van der Waals surface area (Å²) in [5.41, 5.74) is 0.968. The topological polar surface area (TPSA) is 61.4 Å². The first kappa shape index (κ1) is 15.5. The lowest BCUT2D eigenvalue weighted by molar-refractivity contribution is -0.131. The van der Waals surface area contributed by atoms with Crippen molar-refractivity contribution in [2.24, 2.45) is 5.41 Å². The Morgan fingerprint density at radius 3 is 2.91 bits per heavy atom. The van der Waals surface area contributed by atoms with Gasteiger partial charge in [-0.3, -0.25) is 4.79 Å². The normalized spacial score (nSPS) is 23.3. The number of carbonyl (C=O) groups excluding carboxylic acids is 2. The molecule has 122 valence electrons. The summed E-state index contributed by atoms with van der Waals surface area (Å²) in [4.78, 5) is 25.6. The number of piperidine rings is 1. The molecule has 1 atom stereocenters. The van der Waals surface area contributed by atoms with Gasteiger partial charge in [0.1, 0.15) is 5.82 Å². The molecule has 3 amide bonds. The quantitative estimate of drug-likeness (QED) is 0.900. The number of fused-ring (bicyclic) bond motifs is 1. The molecule has 1 aliphatic carbocycles. The van der Waals surface area contributed by atoms with Crippen LogP contribution in [0.5, 0.6) is 0 Å². The van der Waals surface area contributed by atoms with Crippen LogP contribution in [0.1, 0.15) is 25.7 Å². The number of para-hydroxylation sites is 1. The molecule has 1 saturated heterocycles. The number of rotatable bonds is 3. The number of hydrogen-bond donors (Lipinski definition) is 2. The van der Waals surface area contributed by atoms with Crippen LogP contribution in [0.2, 0.25) is 0 Å². The Balaban J connectivity index is 1.64. The summed E-state index contributed by atoms with van der Waals surface area (Å²) >= 11 is 0. The molecule has 0 bridgehead atoms. The lowest BCUT2D eigenvalue weighted by Gasteiger charge is -2.41. The number of urea groups is 1. The Hall–Kier alpha value is -2.37. The Morgan fingerprint density at radius 1 is 1.35 bits per heavy atom. The molecule has 23 heavy (non-hydrogen) atoms. The average Bonchev–Trinajstić information content (AvgIpc) is 2.97. The fourth-order valence-corrected chi connectivity index (χ4v) is 3.47. The van der Waals surface area contributed by atoms with E-state index in [-0.39, 0.29) is 17.0 Å². The number of nitrogens with zero attached hydrogens (tertiary/aromatic N) is 1. The molecule has 1 aromatic carbocycles. The van der Waals surface area contributed by atoms with Crippen LogP contribution in [-0.4, -0.2) is 30.4 Å². The summed E-state index contributed by atoms with van der Waals surface area (Å²) in [7, 11) is 1.78. The highest BCUT2D eigenvalue weighted by Crippen LogP contribution is 2.46. The minimum Gasteiger partial charge on any atom is -0.337 e. The SMILES string of the molecule is CN1C(=O)CCC2(CNC(=O)Nc3ccccc3F)CCC=C12. The first-order valence-corrected chi connectivity index (χ1v) is 7.78. The van der Waals surface area contributed by atoms with Crippen LogP contribution >= 0.6 is 0 Å². The van der Waals surface area contributed by atoms with Gasteiger partial charge in [-0.1, -0.05) is 18.2 Å². The molecule has 1 unspecified atom stereocenters. The minimum atomic E-state index is -0.467. The van der Waals surface area contributed by atoms with Crippen molar-refractivity contribution in [2.75, 3.05) is 18.9 Å². The van der Waals surface area contributed by atoms with Gasteiger partial charge in [0.05, 0.1) is 5.69 Å². The van der Waals surface area contributed by atoms with Crippen LogP contribution in [0.15, 0.2) is 36.0 Å². The van der Waals surface area contributed by atoms with Crippen molar-refractivity contribution in [2.45, 2.75) is 25.7 Å². The van der Waals surface area contributed by atoms with Crippen molar-refractivity contribution < 1.29 is 14.0 Å². The van der Waals surface area contributed by atoms with E-state index in [1.807, 2.05) is 0 Å². The molecule has 0 spiro atoms. The summed E-state index contributed by atoms with van der Waals surface area (Å²) in [5.74, 6) is -0.352. The third-order valence-electron chi connectivity index (χ3n) is 4.77. The molecule has 0 radical (unpaired) electrons. The third kappa shape index (κ3) is 2.93. The predicted octanol–water partition coefficient (Wildman–Crippen LogP) is 2.86. The minimum absolute atomic E-state index is 0.115. The smallest absolute Gasteiger partial charge is 0.319 e. The second-order valence-electron chi connectivity index (χ2n) is 6.15. The largest absolute Gasteiger partial charge is 0.337 e. The van der Waals surface area contributed by atoms with Crippen LogP contribution < -0.4 is 10.6 Å². The first-order chi connectivity index (χ1) is 11.0. The monoisotopic (exact) mass is 317 g/mol. The van der Waals surface area contributed by atoms with E-state index in [1.54, 1.807) is 24.1 Å². The van der Waals surface area contributed by atoms with Gasteiger partial charge >= 0.3 is 6.03 Å². The molecule has 1 heterocycles. The molecule has 6 heteroatoms. The first-order valence-electron chi connectivity index (χ1n) is 7.78. The second-order valence-corrected chi connectivity index (χ2v) is 6.15. The van der Waals surface area contributed by atoms with Gasteiger partial charge in [-0.2, -0.15) is 0 Å². The molecule has 2 aliphatic rings. The van der Waals surface area contributed by atoms with Crippen LogP contribution in [0.3, 0.4) is 0 Å². The van der Waals surface area contributed by atoms with Crippen molar-refractivity contribution in [3.05, 3.63) is 41.9 Å². The van der Waals surface area contributed by atoms with Crippen LogP contribution in [-0.2, 0) is 4.79 Å². The summed E-state index contributed by atoms with van der Waals surface area (Å²) in [6.07, 6.45) is 5.13. The number of allylic oxidation sites excluding steroid dienone is 1. The molecule has 2 N–H and O–H groups in total. The number of hydrogen-bond acceptors (Lipinski definition) is 2. The number of benzene rings is 1. The molecule has 1 aliphatic heterocycles. The van der Waals surface area contributed by atoms with Gasteiger partial charge in [0.25, 0.3) is 0 Å². The van der Waals surface area contributed by atoms with Crippen LogP contribution in [0.25, 0.3) is 0 Å². The molecule has 3 rings (SSSR count). The number of anilines is 1. The third-order valence-corrected chi connectivity index (χ3v) is 4.77. The summed E-state index contributed by atoms with van der Waals surface area (Å²) in [6, 6.07) is 5.61. The van der Waals surface area contributed by atoms with Gasteiger partial charge in [0, 0.05) is 31.1 Å². The molecule has 5 nitrogen and oxygen atoms in total. The van der Waals surface area contributed by atoms with E-state index in [2.05, 4.69) is 16.7 Å². The van der Waals surface area contributed by atoms with E-state index in [4.69, 9.17) is 0 Å². The van der Waals surface area contributed by atoms with Crippen molar-refractivity contribution in [3.8, 4) is 0 Å². The average molecular weight is 317 g/mol. The molecule has 1 aromatic rings. The molecular formula is C17H20FN3O2. The Bertz CT molecular complexity index is 674. The lowest BCUT2D eigenvalue weighted by atomic mass is 9.77. The van der Waals surface area contributed by atoms with E-state index in [1.165, 1.54) is 12.1 Å². The lowest BCUT2D eigenvalue weighted by Crippen LogP contribution is -2.47. The Labute approximate surface area is 134 Å². The van der Waals surface area contributed by atoms with Crippen molar-refractivity contribution in [1.29, 1.82) is 0 Å². The standard InChI is InChI=1S/C17H20FN3O2/c1-21-14-7-4-9-17(14,10-8-15(21)22)11-19-16(23)20-13-6-3-2-5-12(13)18/h2-3,5-7H,4,8-11H2,1H3,(H2,19,20,23). The van der Waals surface area contributed by atoms with Crippen molar-refractivity contribution >= 4 is 17.6 Å². The Kier molecular flexibility index (Phi) is 4.07. The zero-order chi connectivity index (χ0) is 16.4. The number of amides is 3. The summed E-state index contributed by atoms with van der Waals surface area (Å²) in [5, 5.41) is 5.35. The highest BCUT2D eigenvalue weighted by atomic mass is 19.1. The second kappa shape index (κ2) is 6.02. The highest BCUT2D eigenvalue weighted by molar-refractivity contribution is 5.89. The van der Waals surface area contributed by atoms with E-state index >= 15 is 0 Å². The maximum Gasteiger partial charge on any atom is 0.319 e. The predicted molar refractivity (Wildman–Crippen MR) is 85.2 cm³/mol. The van der Waals surface area contributed by atoms with Gasteiger partial charge in [-0.15, -0.1) is 0 Å². The van der Waals surface area contributed by atoms with Crippen LogP contribution in [0, 0.1) is 11.2 Å².